The Balaban J connectivity index is 3.78. The van der Waals surface area contributed by atoms with E-state index in [1.54, 1.807) is 12.2 Å². The lowest BCUT2D eigenvalue weighted by molar-refractivity contribution is 0.369. The molecule has 2 nitrogen and oxygen atoms in total. The van der Waals surface area contributed by atoms with Gasteiger partial charge in [-0.05, 0) is 13.8 Å². The van der Waals surface area contributed by atoms with Crippen molar-refractivity contribution in [2.75, 3.05) is 0 Å². The quantitative estimate of drug-likeness (QED) is 0.499. The summed E-state index contributed by atoms with van der Waals surface area (Å²) in [4.78, 5) is 18.7. The summed E-state index contributed by atoms with van der Waals surface area (Å²) in [5.74, 6) is 0. The molecule has 0 saturated heterocycles. The van der Waals surface area contributed by atoms with Crippen LogP contribution in [-0.4, -0.2) is 18.2 Å². The molecule has 0 bridgehead atoms. The Morgan fingerprint density at radius 1 is 1.00 bits per heavy atom. The average Bonchev–Trinajstić information content (AvgIpc) is 1.97. The third-order valence-electron chi connectivity index (χ3n) is 1.36. The molecule has 64 valence electrons. The molecule has 0 aromatic carbocycles. The summed E-state index contributed by atoms with van der Waals surface area (Å²) in [7, 11) is -2.92. The van der Waals surface area contributed by atoms with E-state index < -0.39 is 8.56 Å². The first-order valence-corrected chi connectivity index (χ1v) is 6.10. The van der Waals surface area contributed by atoms with Crippen molar-refractivity contribution >= 4 is 8.56 Å². The summed E-state index contributed by atoms with van der Waals surface area (Å²) in [6.45, 7) is 3.75. The van der Waals surface area contributed by atoms with Gasteiger partial charge in [0.05, 0.1) is 0 Å². The van der Waals surface area contributed by atoms with E-state index in [-0.39, 0.29) is 0 Å². The van der Waals surface area contributed by atoms with E-state index in [1.165, 1.54) is 0 Å². The van der Waals surface area contributed by atoms with Gasteiger partial charge < -0.3 is 9.59 Å². The van der Waals surface area contributed by atoms with Crippen LogP contribution in [0.4, 0.5) is 0 Å². The topological polar surface area (TPSA) is 40.5 Å². The van der Waals surface area contributed by atoms with E-state index in [0.29, 0.717) is 12.1 Å². The minimum Gasteiger partial charge on any atom is -0.410 e. The van der Waals surface area contributed by atoms with E-state index in [1.807, 2.05) is 26.0 Å². The standard InChI is InChI=1S/C8H16O2Si/c1-3-5-7-11(9,10)8-6-4-2/h3-6,9-10H,7-8H2,1-2H3/b5-3+,6-4+. The van der Waals surface area contributed by atoms with Crippen molar-refractivity contribution in [2.24, 2.45) is 0 Å². The van der Waals surface area contributed by atoms with Gasteiger partial charge in [0, 0.05) is 12.1 Å². The first-order valence-electron chi connectivity index (χ1n) is 3.79. The van der Waals surface area contributed by atoms with Crippen LogP contribution >= 0.6 is 0 Å². The van der Waals surface area contributed by atoms with Crippen molar-refractivity contribution in [3.05, 3.63) is 24.3 Å². The maximum absolute atomic E-state index is 9.37. The SMILES string of the molecule is C/C=C/C[Si](O)(O)C/C=C/C. The normalized spacial score (nSPS) is 13.5. The summed E-state index contributed by atoms with van der Waals surface area (Å²) in [6, 6.07) is 0.849. The van der Waals surface area contributed by atoms with Gasteiger partial charge in [-0.1, -0.05) is 24.3 Å². The van der Waals surface area contributed by atoms with Crippen molar-refractivity contribution in [2.45, 2.75) is 25.9 Å². The van der Waals surface area contributed by atoms with Crippen LogP contribution in [0.3, 0.4) is 0 Å². The molecule has 0 unspecified atom stereocenters. The highest BCUT2D eigenvalue weighted by Crippen LogP contribution is 2.09. The van der Waals surface area contributed by atoms with Gasteiger partial charge in [-0.25, -0.2) is 0 Å². The molecule has 2 N–H and O–H groups in total. The zero-order valence-corrected chi connectivity index (χ0v) is 8.12. The number of rotatable bonds is 4. The molecule has 11 heavy (non-hydrogen) atoms. The van der Waals surface area contributed by atoms with Crippen molar-refractivity contribution in [1.82, 2.24) is 0 Å². The lowest BCUT2D eigenvalue weighted by atomic mass is 10.6. The molecule has 0 rings (SSSR count). The molecule has 0 aliphatic heterocycles. The van der Waals surface area contributed by atoms with E-state index in [2.05, 4.69) is 0 Å². The fourth-order valence-corrected chi connectivity index (χ4v) is 2.09. The van der Waals surface area contributed by atoms with Gasteiger partial charge in [0.25, 0.3) is 0 Å². The molecule has 0 radical (unpaired) electrons. The van der Waals surface area contributed by atoms with Crippen LogP contribution in [0.25, 0.3) is 0 Å². The molecule has 0 heterocycles. The summed E-state index contributed by atoms with van der Waals surface area (Å²) in [6.07, 6.45) is 7.28. The minimum atomic E-state index is -2.92. The van der Waals surface area contributed by atoms with Crippen LogP contribution in [-0.2, 0) is 0 Å². The average molecular weight is 172 g/mol. The maximum Gasteiger partial charge on any atom is 0.340 e. The summed E-state index contributed by atoms with van der Waals surface area (Å²) < 4.78 is 0. The van der Waals surface area contributed by atoms with Gasteiger partial charge in [-0.15, -0.1) is 0 Å². The number of allylic oxidation sites excluding steroid dienone is 4. The smallest absolute Gasteiger partial charge is 0.340 e. The van der Waals surface area contributed by atoms with Gasteiger partial charge in [0.2, 0.25) is 0 Å². The molecule has 0 amide bonds. The van der Waals surface area contributed by atoms with Gasteiger partial charge in [-0.3, -0.25) is 0 Å². The Kier molecular flexibility index (Phi) is 5.11. The van der Waals surface area contributed by atoms with Crippen LogP contribution < -0.4 is 0 Å². The Hall–Kier alpha value is -0.383. The first-order chi connectivity index (χ1) is 5.12. The van der Waals surface area contributed by atoms with Crippen molar-refractivity contribution in [1.29, 1.82) is 0 Å². The largest absolute Gasteiger partial charge is 0.410 e. The highest BCUT2D eigenvalue weighted by atomic mass is 28.4. The predicted molar refractivity (Wildman–Crippen MR) is 49.4 cm³/mol. The monoisotopic (exact) mass is 172 g/mol. The van der Waals surface area contributed by atoms with Crippen LogP contribution in [0.15, 0.2) is 24.3 Å². The second-order valence-corrected chi connectivity index (χ2v) is 5.31. The summed E-state index contributed by atoms with van der Waals surface area (Å²) in [5.41, 5.74) is 0. The first kappa shape index (κ1) is 10.6. The van der Waals surface area contributed by atoms with Crippen LogP contribution in [0.1, 0.15) is 13.8 Å². The van der Waals surface area contributed by atoms with E-state index in [4.69, 9.17) is 0 Å². The van der Waals surface area contributed by atoms with Crippen molar-refractivity contribution in [3.8, 4) is 0 Å². The lowest BCUT2D eigenvalue weighted by Crippen LogP contribution is -2.32. The zero-order valence-electron chi connectivity index (χ0n) is 7.12. The molecule has 0 aliphatic rings. The second-order valence-electron chi connectivity index (χ2n) is 2.53. The molecule has 0 aliphatic carbocycles. The highest BCUT2D eigenvalue weighted by molar-refractivity contribution is 6.65. The zero-order chi connectivity index (χ0) is 8.74. The number of hydrogen-bond donors (Lipinski definition) is 2. The predicted octanol–water partition coefficient (Wildman–Crippen LogP) is 1.57. The van der Waals surface area contributed by atoms with Crippen molar-refractivity contribution < 1.29 is 9.59 Å². The molecule has 0 saturated carbocycles. The van der Waals surface area contributed by atoms with Crippen molar-refractivity contribution in [3.63, 3.8) is 0 Å². The molecular weight excluding hydrogens is 156 g/mol. The maximum atomic E-state index is 9.37. The third kappa shape index (κ3) is 6.03. The van der Waals surface area contributed by atoms with Gasteiger partial charge in [-0.2, -0.15) is 0 Å². The second kappa shape index (κ2) is 5.29. The van der Waals surface area contributed by atoms with Crippen LogP contribution in [0, 0.1) is 0 Å². The summed E-state index contributed by atoms with van der Waals surface area (Å²) in [5, 5.41) is 0. The molecule has 0 aromatic rings. The minimum absolute atomic E-state index is 0.424. The third-order valence-corrected chi connectivity index (χ3v) is 3.14. The van der Waals surface area contributed by atoms with Gasteiger partial charge >= 0.3 is 8.56 Å². The Morgan fingerprint density at radius 3 is 1.64 bits per heavy atom. The van der Waals surface area contributed by atoms with E-state index in [9.17, 15) is 9.59 Å². The molecule has 0 fully saturated rings. The van der Waals surface area contributed by atoms with Crippen LogP contribution in [0.5, 0.6) is 0 Å². The molecule has 0 spiro atoms. The summed E-state index contributed by atoms with van der Waals surface area (Å²) >= 11 is 0. The van der Waals surface area contributed by atoms with Gasteiger partial charge in [0.1, 0.15) is 0 Å². The molecule has 0 atom stereocenters. The lowest BCUT2D eigenvalue weighted by Gasteiger charge is -2.12. The van der Waals surface area contributed by atoms with Crippen LogP contribution in [0.2, 0.25) is 12.1 Å². The van der Waals surface area contributed by atoms with E-state index >= 15 is 0 Å². The Morgan fingerprint density at radius 2 is 1.36 bits per heavy atom. The number of hydrogen-bond acceptors (Lipinski definition) is 2. The molecular formula is C8H16O2Si. The fraction of sp³-hybridized carbons (Fsp3) is 0.500. The molecule has 0 aromatic heterocycles. The molecule has 3 heteroatoms. The van der Waals surface area contributed by atoms with Gasteiger partial charge in [0.15, 0.2) is 0 Å². The van der Waals surface area contributed by atoms with E-state index in [0.717, 1.165) is 0 Å². The Bertz CT molecular complexity index is 134. The Labute approximate surface area is 69.1 Å². The fourth-order valence-electron chi connectivity index (χ4n) is 0.697. The highest BCUT2D eigenvalue weighted by Gasteiger charge is 2.24.